The first-order valence-corrected chi connectivity index (χ1v) is 9.30. The second kappa shape index (κ2) is 8.39. The Kier molecular flexibility index (Phi) is 5.94. The third kappa shape index (κ3) is 4.48. The Bertz CT molecular complexity index is 874. The molecular weight excluding hydrogens is 358 g/mol. The highest BCUT2D eigenvalue weighted by atomic mass is 16.5. The number of ether oxygens (including phenoxy) is 2. The Hall–Kier alpha value is -2.93. The monoisotopic (exact) mass is 383 g/mol. The van der Waals surface area contributed by atoms with Crippen LogP contribution >= 0.6 is 0 Å². The van der Waals surface area contributed by atoms with Gasteiger partial charge >= 0.3 is 11.8 Å². The fourth-order valence-corrected chi connectivity index (χ4v) is 3.17. The summed E-state index contributed by atoms with van der Waals surface area (Å²) in [5.41, 5.74) is 2.42. The van der Waals surface area contributed by atoms with Crippen LogP contribution in [0.4, 0.5) is 5.69 Å². The fourth-order valence-electron chi connectivity index (χ4n) is 3.17. The maximum Gasteiger partial charge on any atom is 0.314 e. The largest absolute Gasteiger partial charge is 0.437 e. The van der Waals surface area contributed by atoms with Crippen LogP contribution in [-0.2, 0) is 14.3 Å². The van der Waals surface area contributed by atoms with Crippen LogP contribution in [0.1, 0.15) is 25.0 Å². The van der Waals surface area contributed by atoms with Crippen LogP contribution in [0.3, 0.4) is 0 Å². The van der Waals surface area contributed by atoms with Crippen LogP contribution in [0.15, 0.2) is 36.5 Å². The molecule has 0 spiro atoms. The van der Waals surface area contributed by atoms with Gasteiger partial charge in [-0.25, -0.2) is 4.98 Å². The second-order valence-corrected chi connectivity index (χ2v) is 7.08. The number of carbonyl (C=O) groups excluding carboxylic acids is 2. The third-order valence-corrected chi connectivity index (χ3v) is 4.68. The number of rotatable bonds is 3. The molecule has 0 radical (unpaired) electrons. The molecule has 2 amide bonds. The van der Waals surface area contributed by atoms with Crippen molar-refractivity contribution >= 4 is 17.5 Å². The molecule has 3 rings (SSSR count). The van der Waals surface area contributed by atoms with E-state index >= 15 is 0 Å². The lowest BCUT2D eigenvalue weighted by atomic mass is 10.1. The van der Waals surface area contributed by atoms with E-state index < -0.39 is 11.8 Å². The van der Waals surface area contributed by atoms with Crippen molar-refractivity contribution in [3.8, 4) is 11.6 Å². The molecule has 1 aliphatic rings. The molecule has 1 saturated heterocycles. The molecule has 0 saturated carbocycles. The van der Waals surface area contributed by atoms with Gasteiger partial charge < -0.3 is 19.7 Å². The summed E-state index contributed by atoms with van der Waals surface area (Å²) in [6.07, 6.45) is 1.35. The van der Waals surface area contributed by atoms with Gasteiger partial charge in [-0.1, -0.05) is 12.1 Å². The van der Waals surface area contributed by atoms with Gasteiger partial charge in [0.25, 0.3) is 0 Å². The van der Waals surface area contributed by atoms with Crippen molar-refractivity contribution in [2.75, 3.05) is 18.4 Å². The molecule has 2 atom stereocenters. The van der Waals surface area contributed by atoms with Crippen molar-refractivity contribution in [1.29, 1.82) is 0 Å². The molecule has 28 heavy (non-hydrogen) atoms. The van der Waals surface area contributed by atoms with Crippen molar-refractivity contribution in [3.05, 3.63) is 47.7 Å². The summed E-state index contributed by atoms with van der Waals surface area (Å²) in [4.78, 5) is 30.8. The van der Waals surface area contributed by atoms with Crippen LogP contribution in [-0.4, -0.2) is 47.0 Å². The summed E-state index contributed by atoms with van der Waals surface area (Å²) in [6, 6.07) is 9.05. The minimum Gasteiger partial charge on any atom is -0.437 e. The van der Waals surface area contributed by atoms with Crippen molar-refractivity contribution in [3.63, 3.8) is 0 Å². The third-order valence-electron chi connectivity index (χ3n) is 4.68. The summed E-state index contributed by atoms with van der Waals surface area (Å²) < 4.78 is 11.5. The number of hydrogen-bond donors (Lipinski definition) is 1. The van der Waals surface area contributed by atoms with Crippen LogP contribution in [0.2, 0.25) is 0 Å². The van der Waals surface area contributed by atoms with E-state index in [1.165, 1.54) is 4.90 Å². The molecular formula is C21H25N3O4. The number of morpholine rings is 1. The van der Waals surface area contributed by atoms with Gasteiger partial charge in [0.1, 0.15) is 11.4 Å². The molecule has 1 fully saturated rings. The first-order valence-electron chi connectivity index (χ1n) is 9.30. The SMILES string of the molecule is Cc1cccc(Oc2ncccc2NC(=O)C(=O)N2C[C@@H](C)O[C@@H](C)C2)c1C. The topological polar surface area (TPSA) is 80.8 Å². The molecule has 0 bridgehead atoms. The van der Waals surface area contributed by atoms with Gasteiger partial charge in [-0.05, 0) is 57.0 Å². The molecule has 2 aromatic rings. The van der Waals surface area contributed by atoms with Gasteiger partial charge in [-0.15, -0.1) is 0 Å². The van der Waals surface area contributed by atoms with E-state index in [0.717, 1.165) is 11.1 Å². The normalized spacial score (nSPS) is 19.2. The molecule has 7 heteroatoms. The number of nitrogens with zero attached hydrogens (tertiary/aromatic N) is 2. The van der Waals surface area contributed by atoms with Crippen LogP contribution in [0, 0.1) is 13.8 Å². The fraction of sp³-hybridized carbons (Fsp3) is 0.381. The minimum absolute atomic E-state index is 0.109. The lowest BCUT2D eigenvalue weighted by Crippen LogP contribution is -2.51. The molecule has 1 aromatic carbocycles. The Morgan fingerprint density at radius 2 is 1.86 bits per heavy atom. The van der Waals surface area contributed by atoms with E-state index in [1.807, 2.05) is 45.9 Å². The average Bonchev–Trinajstić information content (AvgIpc) is 2.65. The molecule has 2 heterocycles. The van der Waals surface area contributed by atoms with Gasteiger partial charge in [-0.2, -0.15) is 0 Å². The van der Waals surface area contributed by atoms with Crippen LogP contribution < -0.4 is 10.1 Å². The summed E-state index contributed by atoms with van der Waals surface area (Å²) in [5, 5.41) is 2.63. The Labute approximate surface area is 164 Å². The van der Waals surface area contributed by atoms with Gasteiger partial charge in [0.05, 0.1) is 12.2 Å². The van der Waals surface area contributed by atoms with Crippen LogP contribution in [0.5, 0.6) is 11.6 Å². The molecule has 7 nitrogen and oxygen atoms in total. The Morgan fingerprint density at radius 3 is 2.57 bits per heavy atom. The van der Waals surface area contributed by atoms with E-state index in [9.17, 15) is 9.59 Å². The Morgan fingerprint density at radius 1 is 1.14 bits per heavy atom. The zero-order chi connectivity index (χ0) is 20.3. The van der Waals surface area contributed by atoms with Gasteiger partial charge in [0.15, 0.2) is 0 Å². The quantitative estimate of drug-likeness (QED) is 0.824. The first kappa shape index (κ1) is 19.8. The molecule has 148 valence electrons. The smallest absolute Gasteiger partial charge is 0.314 e. The maximum atomic E-state index is 12.6. The van der Waals surface area contributed by atoms with E-state index in [0.29, 0.717) is 24.5 Å². The maximum absolute atomic E-state index is 12.6. The number of anilines is 1. The van der Waals surface area contributed by atoms with Crippen molar-refractivity contribution in [1.82, 2.24) is 9.88 Å². The lowest BCUT2D eigenvalue weighted by molar-refractivity contribution is -0.151. The standard InChI is InChI=1S/C21H25N3O4/c1-13-7-5-9-18(16(13)4)28-20-17(8-6-10-22-20)23-19(25)21(26)24-11-14(2)27-15(3)12-24/h5-10,14-15H,11-12H2,1-4H3,(H,23,25)/t14-,15+. The van der Waals surface area contributed by atoms with E-state index in [-0.39, 0.29) is 18.1 Å². The predicted octanol–water partition coefficient (Wildman–Crippen LogP) is 3.07. The predicted molar refractivity (Wildman–Crippen MR) is 105 cm³/mol. The molecule has 1 aliphatic heterocycles. The van der Waals surface area contributed by atoms with Gasteiger partial charge in [0, 0.05) is 19.3 Å². The van der Waals surface area contributed by atoms with E-state index in [4.69, 9.17) is 9.47 Å². The summed E-state index contributed by atoms with van der Waals surface area (Å²) in [6.45, 7) is 8.48. The summed E-state index contributed by atoms with van der Waals surface area (Å²) >= 11 is 0. The zero-order valence-corrected chi connectivity index (χ0v) is 16.6. The highest BCUT2D eigenvalue weighted by Gasteiger charge is 2.30. The van der Waals surface area contributed by atoms with E-state index in [1.54, 1.807) is 18.3 Å². The number of carbonyl (C=O) groups is 2. The molecule has 1 N–H and O–H groups in total. The van der Waals surface area contributed by atoms with Crippen LogP contribution in [0.25, 0.3) is 0 Å². The summed E-state index contributed by atoms with van der Waals surface area (Å²) in [7, 11) is 0. The Balaban J connectivity index is 1.75. The van der Waals surface area contributed by atoms with Crippen molar-refractivity contribution < 1.29 is 19.1 Å². The summed E-state index contributed by atoms with van der Waals surface area (Å²) in [5.74, 6) is -0.430. The first-order chi connectivity index (χ1) is 13.3. The number of hydrogen-bond acceptors (Lipinski definition) is 5. The highest BCUT2D eigenvalue weighted by Crippen LogP contribution is 2.30. The van der Waals surface area contributed by atoms with Gasteiger partial charge in [0.2, 0.25) is 5.88 Å². The number of pyridine rings is 1. The van der Waals surface area contributed by atoms with Crippen molar-refractivity contribution in [2.24, 2.45) is 0 Å². The second-order valence-electron chi connectivity index (χ2n) is 7.08. The molecule has 1 aromatic heterocycles. The minimum atomic E-state index is -0.722. The number of aryl methyl sites for hydroxylation is 1. The highest BCUT2D eigenvalue weighted by molar-refractivity contribution is 6.39. The lowest BCUT2D eigenvalue weighted by Gasteiger charge is -2.34. The van der Waals surface area contributed by atoms with E-state index in [2.05, 4.69) is 10.3 Å². The molecule has 0 unspecified atom stereocenters. The zero-order valence-electron chi connectivity index (χ0n) is 16.6. The number of benzene rings is 1. The number of nitrogens with one attached hydrogen (secondary N) is 1. The number of aromatic nitrogens is 1. The van der Waals surface area contributed by atoms with Crippen molar-refractivity contribution in [2.45, 2.75) is 39.9 Å². The average molecular weight is 383 g/mol. The molecule has 0 aliphatic carbocycles. The number of amides is 2. The van der Waals surface area contributed by atoms with Gasteiger partial charge in [-0.3, -0.25) is 9.59 Å².